The molecule has 226 valence electrons. The molecule has 4 aliphatic rings. The Hall–Kier alpha value is -5.76. The van der Waals surface area contributed by atoms with E-state index in [0.717, 1.165) is 18.8 Å². The van der Waals surface area contributed by atoms with E-state index in [1.165, 1.54) is 6.07 Å². The van der Waals surface area contributed by atoms with Crippen LogP contribution in [0.25, 0.3) is 0 Å². The molecule has 4 heterocycles. The number of esters is 2. The average Bonchev–Trinajstić information content (AvgIpc) is 3.53. The molecule has 0 aliphatic carbocycles. The number of anilines is 1. The quantitative estimate of drug-likeness (QED) is 0.212. The Morgan fingerprint density at radius 3 is 1.91 bits per heavy atom. The summed E-state index contributed by atoms with van der Waals surface area (Å²) in [5.74, 6) is 0.659. The number of fused-ring (bicyclic) bond motifs is 13. The van der Waals surface area contributed by atoms with Crippen molar-refractivity contribution in [2.24, 2.45) is 0 Å². The minimum Gasteiger partial charge on any atom is -0.508 e. The number of benzene rings is 5. The number of rotatable bonds is 3. The van der Waals surface area contributed by atoms with Crippen LogP contribution < -0.4 is 14.4 Å². The summed E-state index contributed by atoms with van der Waals surface area (Å²) in [6.45, 7) is 5.81. The van der Waals surface area contributed by atoms with E-state index in [9.17, 15) is 14.7 Å². The molecule has 2 spiro atoms. The van der Waals surface area contributed by atoms with Crippen molar-refractivity contribution in [2.45, 2.75) is 25.0 Å². The molecule has 0 amide bonds. The standard InChI is InChI=1S/C38H27NO7/c1-3-39(4-2)21-13-15-28-31(19-21)43-30-18-17-29-34(33(30)38(28)26-12-8-6-10-24(26)36(42)46-38)44-32-20-22(40)14-16-27(32)37(29)25-11-7-5-9-23(25)35(41)45-37/h5-20,40H,3-4H2,1-2H3. The average molecular weight is 610 g/mol. The van der Waals surface area contributed by atoms with Gasteiger partial charge in [0.05, 0.1) is 16.7 Å². The van der Waals surface area contributed by atoms with Gasteiger partial charge in [0.15, 0.2) is 11.2 Å². The Balaban J connectivity index is 1.38. The normalized spacial score (nSPS) is 20.7. The fourth-order valence-corrected chi connectivity index (χ4v) is 7.65. The Morgan fingerprint density at radius 2 is 1.20 bits per heavy atom. The highest BCUT2D eigenvalue weighted by Crippen LogP contribution is 2.64. The van der Waals surface area contributed by atoms with Gasteiger partial charge in [-0.3, -0.25) is 0 Å². The number of ether oxygens (including phenoxy) is 4. The monoisotopic (exact) mass is 609 g/mol. The highest BCUT2D eigenvalue weighted by atomic mass is 16.6. The molecule has 0 aromatic heterocycles. The van der Waals surface area contributed by atoms with Crippen LogP contribution in [-0.4, -0.2) is 30.1 Å². The number of nitrogens with zero attached hydrogens (tertiary/aromatic N) is 1. The zero-order chi connectivity index (χ0) is 31.4. The molecule has 0 saturated carbocycles. The van der Waals surface area contributed by atoms with Crippen molar-refractivity contribution in [3.8, 4) is 28.7 Å². The Kier molecular flexibility index (Phi) is 5.29. The van der Waals surface area contributed by atoms with Crippen molar-refractivity contribution >= 4 is 17.6 Å². The van der Waals surface area contributed by atoms with Crippen LogP contribution in [0.3, 0.4) is 0 Å². The molecule has 0 bridgehead atoms. The number of hydrogen-bond acceptors (Lipinski definition) is 8. The zero-order valence-corrected chi connectivity index (χ0v) is 25.0. The molecule has 0 fully saturated rings. The molecule has 46 heavy (non-hydrogen) atoms. The highest BCUT2D eigenvalue weighted by molar-refractivity contribution is 5.99. The first-order valence-corrected chi connectivity index (χ1v) is 15.3. The summed E-state index contributed by atoms with van der Waals surface area (Å²) in [5.41, 5.74) is 2.55. The van der Waals surface area contributed by atoms with E-state index in [0.29, 0.717) is 67.5 Å². The van der Waals surface area contributed by atoms with Crippen molar-refractivity contribution in [2.75, 3.05) is 18.0 Å². The van der Waals surface area contributed by atoms with E-state index in [1.54, 1.807) is 30.3 Å². The summed E-state index contributed by atoms with van der Waals surface area (Å²) in [7, 11) is 0. The van der Waals surface area contributed by atoms with Crippen LogP contribution in [0.5, 0.6) is 28.7 Å². The summed E-state index contributed by atoms with van der Waals surface area (Å²) in [6.07, 6.45) is 0. The van der Waals surface area contributed by atoms with Gasteiger partial charge in [-0.05, 0) is 62.4 Å². The first-order chi connectivity index (χ1) is 22.4. The molecular formula is C38H27NO7. The van der Waals surface area contributed by atoms with Gasteiger partial charge in [0.1, 0.15) is 28.7 Å². The van der Waals surface area contributed by atoms with Crippen LogP contribution in [-0.2, 0) is 20.7 Å². The summed E-state index contributed by atoms with van der Waals surface area (Å²) in [4.78, 5) is 29.4. The minimum atomic E-state index is -1.44. The minimum absolute atomic E-state index is 0.0161. The van der Waals surface area contributed by atoms with Crippen LogP contribution in [0.15, 0.2) is 97.1 Å². The Bertz CT molecular complexity index is 2170. The first-order valence-electron chi connectivity index (χ1n) is 15.3. The number of hydrogen-bond donors (Lipinski definition) is 1. The molecule has 5 aromatic carbocycles. The molecule has 8 heteroatoms. The third-order valence-corrected chi connectivity index (χ3v) is 9.64. The lowest BCUT2D eigenvalue weighted by atomic mass is 9.72. The fourth-order valence-electron chi connectivity index (χ4n) is 7.65. The Labute approximate surface area is 264 Å². The maximum atomic E-state index is 13.7. The van der Waals surface area contributed by atoms with E-state index in [-0.39, 0.29) is 5.75 Å². The lowest BCUT2D eigenvalue weighted by molar-refractivity contribution is 0.0191. The van der Waals surface area contributed by atoms with Crippen molar-refractivity contribution in [1.82, 2.24) is 0 Å². The zero-order valence-electron chi connectivity index (χ0n) is 25.0. The third-order valence-electron chi connectivity index (χ3n) is 9.64. The van der Waals surface area contributed by atoms with E-state index in [4.69, 9.17) is 18.9 Å². The van der Waals surface area contributed by atoms with E-state index in [2.05, 4.69) is 18.7 Å². The second-order valence-electron chi connectivity index (χ2n) is 11.8. The van der Waals surface area contributed by atoms with Gasteiger partial charge in [-0.2, -0.15) is 0 Å². The fraction of sp³-hybridized carbons (Fsp3) is 0.158. The number of phenolic OH excluding ortho intramolecular Hbond substituents is 1. The van der Waals surface area contributed by atoms with Crippen LogP contribution in [0.4, 0.5) is 5.69 Å². The van der Waals surface area contributed by atoms with Crippen LogP contribution in [0.2, 0.25) is 0 Å². The second-order valence-corrected chi connectivity index (χ2v) is 11.8. The maximum absolute atomic E-state index is 13.7. The number of aromatic hydroxyl groups is 1. The largest absolute Gasteiger partial charge is 0.508 e. The summed E-state index contributed by atoms with van der Waals surface area (Å²) >= 11 is 0. The summed E-state index contributed by atoms with van der Waals surface area (Å²) in [6, 6.07) is 29.0. The molecule has 8 nitrogen and oxygen atoms in total. The SMILES string of the molecule is CCN(CC)c1ccc2c(c1)Oc1ccc3c(c1C21OC(=O)c2ccccc21)Oc1cc(O)ccc1C31OC(=O)c2ccccc21. The lowest BCUT2D eigenvalue weighted by Gasteiger charge is -2.42. The molecule has 5 aromatic rings. The topological polar surface area (TPSA) is 94.5 Å². The van der Waals surface area contributed by atoms with Crippen molar-refractivity contribution in [1.29, 1.82) is 0 Å². The maximum Gasteiger partial charge on any atom is 0.340 e. The van der Waals surface area contributed by atoms with Crippen molar-refractivity contribution in [3.05, 3.63) is 142 Å². The molecule has 9 rings (SSSR count). The van der Waals surface area contributed by atoms with Gasteiger partial charge in [0.2, 0.25) is 0 Å². The van der Waals surface area contributed by atoms with Crippen LogP contribution >= 0.6 is 0 Å². The summed E-state index contributed by atoms with van der Waals surface area (Å²) in [5, 5.41) is 10.6. The molecular weight excluding hydrogens is 582 g/mol. The van der Waals surface area contributed by atoms with E-state index >= 15 is 0 Å². The molecule has 4 aliphatic heterocycles. The van der Waals surface area contributed by atoms with E-state index in [1.807, 2.05) is 60.7 Å². The van der Waals surface area contributed by atoms with Gasteiger partial charge in [-0.15, -0.1) is 0 Å². The lowest BCUT2D eigenvalue weighted by Crippen LogP contribution is -2.37. The predicted molar refractivity (Wildman–Crippen MR) is 168 cm³/mol. The van der Waals surface area contributed by atoms with Crippen LogP contribution in [0, 0.1) is 0 Å². The van der Waals surface area contributed by atoms with Crippen LogP contribution in [0.1, 0.15) is 67.9 Å². The Morgan fingerprint density at radius 1 is 0.609 bits per heavy atom. The third kappa shape index (κ3) is 3.17. The van der Waals surface area contributed by atoms with E-state index < -0.39 is 23.1 Å². The first kappa shape index (κ1) is 26.6. The van der Waals surface area contributed by atoms with Crippen molar-refractivity contribution in [3.63, 3.8) is 0 Å². The molecule has 1 N–H and O–H groups in total. The van der Waals surface area contributed by atoms with Gasteiger partial charge in [-0.1, -0.05) is 36.4 Å². The number of phenols is 1. The van der Waals surface area contributed by atoms with Gasteiger partial charge < -0.3 is 29.0 Å². The molecule has 0 saturated heterocycles. The predicted octanol–water partition coefficient (Wildman–Crippen LogP) is 7.37. The highest BCUT2D eigenvalue weighted by Gasteiger charge is 2.60. The molecule has 0 radical (unpaired) electrons. The van der Waals surface area contributed by atoms with Crippen molar-refractivity contribution < 1.29 is 33.6 Å². The van der Waals surface area contributed by atoms with Gasteiger partial charge in [-0.25, -0.2) is 9.59 Å². The number of carbonyl (C=O) groups is 2. The summed E-state index contributed by atoms with van der Waals surface area (Å²) < 4.78 is 26.3. The molecule has 2 atom stereocenters. The van der Waals surface area contributed by atoms with Gasteiger partial charge in [0, 0.05) is 58.7 Å². The second kappa shape index (κ2) is 9.14. The number of carbonyl (C=O) groups excluding carboxylic acids is 2. The smallest absolute Gasteiger partial charge is 0.340 e. The van der Waals surface area contributed by atoms with Gasteiger partial charge in [0.25, 0.3) is 0 Å². The van der Waals surface area contributed by atoms with Gasteiger partial charge >= 0.3 is 11.9 Å². The molecule has 2 unspecified atom stereocenters.